The largest absolute Gasteiger partial charge is 0.281 e. The first-order valence-electron chi connectivity index (χ1n) is 5.69. The zero-order chi connectivity index (χ0) is 12.4. The zero-order valence-corrected chi connectivity index (χ0v) is 9.67. The van der Waals surface area contributed by atoms with Gasteiger partial charge in [0.2, 0.25) is 0 Å². The van der Waals surface area contributed by atoms with Crippen LogP contribution in [0.25, 0.3) is 10.8 Å². The van der Waals surface area contributed by atoms with Crippen molar-refractivity contribution in [2.24, 2.45) is 0 Å². The smallest absolute Gasteiger partial charge is 0.175 e. The molecular formula is C14H11N4. The Balaban J connectivity index is 2.10. The molecule has 87 valence electrons. The lowest BCUT2D eigenvalue weighted by Gasteiger charge is -2.06. The molecule has 2 heterocycles. The van der Waals surface area contributed by atoms with Crippen LogP contribution in [-0.4, -0.2) is 15.2 Å². The maximum absolute atomic E-state index is 7.76. The van der Waals surface area contributed by atoms with Crippen molar-refractivity contribution in [3.05, 3.63) is 60.0 Å². The Morgan fingerprint density at radius 1 is 0.889 bits per heavy atom. The summed E-state index contributed by atoms with van der Waals surface area (Å²) in [6.45, 7) is 0. The second-order valence-electron chi connectivity index (χ2n) is 4.07. The molecule has 0 amide bonds. The summed E-state index contributed by atoms with van der Waals surface area (Å²) in [6.07, 6.45) is 4.24. The topological polar surface area (TPSA) is 62.5 Å². The van der Waals surface area contributed by atoms with E-state index in [0.29, 0.717) is 6.42 Å². The van der Waals surface area contributed by atoms with Crippen LogP contribution in [0.2, 0.25) is 0 Å². The monoisotopic (exact) mass is 235 g/mol. The minimum atomic E-state index is 0.226. The predicted molar refractivity (Wildman–Crippen MR) is 69.3 cm³/mol. The molecule has 1 N–H and O–H groups in total. The summed E-state index contributed by atoms with van der Waals surface area (Å²) in [7, 11) is 0. The molecule has 2 aromatic heterocycles. The molecule has 18 heavy (non-hydrogen) atoms. The van der Waals surface area contributed by atoms with E-state index in [2.05, 4.69) is 15.2 Å². The highest BCUT2D eigenvalue weighted by Gasteiger charge is 2.07. The van der Waals surface area contributed by atoms with Gasteiger partial charge >= 0.3 is 0 Å². The molecule has 0 aliphatic rings. The Hall–Kier alpha value is -2.49. The van der Waals surface area contributed by atoms with E-state index in [1.165, 1.54) is 0 Å². The third-order valence-electron chi connectivity index (χ3n) is 2.88. The summed E-state index contributed by atoms with van der Waals surface area (Å²) in [6, 6.07) is 11.7. The lowest BCUT2D eigenvalue weighted by molar-refractivity contribution is 0.951. The number of aromatic nitrogens is 3. The zero-order valence-electron chi connectivity index (χ0n) is 9.67. The molecule has 4 heteroatoms. The lowest BCUT2D eigenvalue weighted by Crippen LogP contribution is -1.97. The average molecular weight is 235 g/mol. The standard InChI is InChI=1S/C14H11N4/c15-14-12-4-2-1-3-11(12)13(17-18-14)9-10-5-7-16-8-6-10/h1-8,15H,9H2. The van der Waals surface area contributed by atoms with Gasteiger partial charge in [-0.2, -0.15) is 5.10 Å². The van der Waals surface area contributed by atoms with Crippen LogP contribution in [0.4, 0.5) is 5.82 Å². The van der Waals surface area contributed by atoms with Crippen molar-refractivity contribution in [2.45, 2.75) is 6.42 Å². The van der Waals surface area contributed by atoms with Crippen molar-refractivity contribution < 1.29 is 0 Å². The Labute approximate surface area is 105 Å². The molecule has 4 nitrogen and oxygen atoms in total. The molecular weight excluding hydrogens is 224 g/mol. The number of fused-ring (bicyclic) bond motifs is 1. The van der Waals surface area contributed by atoms with Crippen molar-refractivity contribution in [3.63, 3.8) is 0 Å². The second kappa shape index (κ2) is 4.41. The van der Waals surface area contributed by atoms with Crippen LogP contribution in [-0.2, 0) is 6.42 Å². The highest BCUT2D eigenvalue weighted by Crippen LogP contribution is 2.22. The predicted octanol–water partition coefficient (Wildman–Crippen LogP) is 2.53. The van der Waals surface area contributed by atoms with Gasteiger partial charge in [0.1, 0.15) is 0 Å². The number of rotatable bonds is 2. The van der Waals surface area contributed by atoms with Gasteiger partial charge in [-0.3, -0.25) is 10.7 Å². The first-order valence-corrected chi connectivity index (χ1v) is 5.69. The van der Waals surface area contributed by atoms with Gasteiger partial charge in [0.15, 0.2) is 5.82 Å². The van der Waals surface area contributed by atoms with Crippen molar-refractivity contribution in [3.8, 4) is 0 Å². The molecule has 0 atom stereocenters. The highest BCUT2D eigenvalue weighted by atomic mass is 15.1. The van der Waals surface area contributed by atoms with Gasteiger partial charge in [0, 0.05) is 29.6 Å². The molecule has 0 aliphatic carbocycles. The molecule has 1 radical (unpaired) electrons. The molecule has 0 aliphatic heterocycles. The van der Waals surface area contributed by atoms with Crippen molar-refractivity contribution >= 4 is 16.6 Å². The maximum atomic E-state index is 7.76. The lowest BCUT2D eigenvalue weighted by atomic mass is 10.1. The molecule has 0 bridgehead atoms. The molecule has 3 aromatic rings. The second-order valence-corrected chi connectivity index (χ2v) is 4.07. The number of hydrogen-bond acceptors (Lipinski definition) is 3. The van der Waals surface area contributed by atoms with Gasteiger partial charge in [-0.1, -0.05) is 24.3 Å². The number of benzene rings is 1. The molecule has 0 saturated heterocycles. The average Bonchev–Trinajstić information content (AvgIpc) is 2.44. The van der Waals surface area contributed by atoms with E-state index in [4.69, 9.17) is 5.73 Å². The molecule has 0 fully saturated rings. The minimum Gasteiger partial charge on any atom is -0.281 e. The summed E-state index contributed by atoms with van der Waals surface area (Å²) in [4.78, 5) is 4.00. The number of hydrogen-bond donors (Lipinski definition) is 0. The van der Waals surface area contributed by atoms with Crippen LogP contribution < -0.4 is 5.73 Å². The van der Waals surface area contributed by atoms with Gasteiger partial charge < -0.3 is 0 Å². The first kappa shape index (κ1) is 10.7. The van der Waals surface area contributed by atoms with Gasteiger partial charge in [-0.25, -0.2) is 0 Å². The summed E-state index contributed by atoms with van der Waals surface area (Å²) in [5.41, 5.74) is 9.79. The molecule has 0 unspecified atom stereocenters. The molecule has 1 aromatic carbocycles. The summed E-state index contributed by atoms with van der Waals surface area (Å²) < 4.78 is 0. The normalized spacial score (nSPS) is 10.7. The van der Waals surface area contributed by atoms with E-state index < -0.39 is 0 Å². The number of nitrogens with zero attached hydrogens (tertiary/aromatic N) is 3. The number of pyridine rings is 1. The fourth-order valence-electron chi connectivity index (χ4n) is 1.98. The van der Waals surface area contributed by atoms with Crippen molar-refractivity contribution in [1.82, 2.24) is 20.9 Å². The van der Waals surface area contributed by atoms with Crippen molar-refractivity contribution in [2.75, 3.05) is 0 Å². The van der Waals surface area contributed by atoms with Crippen LogP contribution in [0.1, 0.15) is 11.3 Å². The quantitative estimate of drug-likeness (QED) is 0.685. The third kappa shape index (κ3) is 1.88. The van der Waals surface area contributed by atoms with Gasteiger partial charge in [-0.05, 0) is 17.7 Å². The Bertz CT molecular complexity index is 680. The summed E-state index contributed by atoms with van der Waals surface area (Å²) in [5, 5.41) is 9.89. The van der Waals surface area contributed by atoms with Crippen LogP contribution in [0.5, 0.6) is 0 Å². The van der Waals surface area contributed by atoms with Gasteiger partial charge in [0.25, 0.3) is 0 Å². The van der Waals surface area contributed by atoms with Crippen LogP contribution >= 0.6 is 0 Å². The molecule has 3 rings (SSSR count). The van der Waals surface area contributed by atoms with Crippen LogP contribution in [0.15, 0.2) is 48.8 Å². The van der Waals surface area contributed by atoms with Crippen molar-refractivity contribution in [1.29, 1.82) is 0 Å². The highest BCUT2D eigenvalue weighted by molar-refractivity contribution is 5.91. The van der Waals surface area contributed by atoms with E-state index in [9.17, 15) is 0 Å². The van der Waals surface area contributed by atoms with E-state index in [1.54, 1.807) is 12.4 Å². The summed E-state index contributed by atoms with van der Waals surface area (Å²) in [5.74, 6) is 0.226. The Kier molecular flexibility index (Phi) is 2.61. The first-order chi connectivity index (χ1) is 8.84. The molecule has 0 spiro atoms. The summed E-state index contributed by atoms with van der Waals surface area (Å²) >= 11 is 0. The van der Waals surface area contributed by atoms with Crippen LogP contribution in [0.3, 0.4) is 0 Å². The Morgan fingerprint density at radius 3 is 2.39 bits per heavy atom. The SMILES string of the molecule is [NH]c1nnc(Cc2ccncc2)c2ccccc12. The van der Waals surface area contributed by atoms with E-state index in [0.717, 1.165) is 22.0 Å². The third-order valence-corrected chi connectivity index (χ3v) is 2.88. The maximum Gasteiger partial charge on any atom is 0.175 e. The Morgan fingerprint density at radius 2 is 1.61 bits per heavy atom. The molecule has 0 saturated carbocycles. The van der Waals surface area contributed by atoms with E-state index in [-0.39, 0.29) is 5.82 Å². The van der Waals surface area contributed by atoms with Crippen LogP contribution in [0, 0.1) is 0 Å². The van der Waals surface area contributed by atoms with E-state index in [1.807, 2.05) is 36.4 Å². The van der Waals surface area contributed by atoms with Gasteiger partial charge in [-0.15, -0.1) is 5.10 Å². The minimum absolute atomic E-state index is 0.226. The van der Waals surface area contributed by atoms with E-state index >= 15 is 0 Å². The fraction of sp³-hybridized carbons (Fsp3) is 0.0714. The number of nitrogens with one attached hydrogen (secondary N) is 1. The fourth-order valence-corrected chi connectivity index (χ4v) is 1.98. The van der Waals surface area contributed by atoms with Gasteiger partial charge in [0.05, 0.1) is 5.69 Å².